The zero-order chi connectivity index (χ0) is 12.6. The molecule has 0 bridgehead atoms. The van der Waals surface area contributed by atoms with Gasteiger partial charge in [0.15, 0.2) is 0 Å². The standard InChI is InChI=1S/C14H12ClNOS/c15-13-7-5-11(6-8-13)9-16(17)10-12-3-1-2-4-14(12)18-16/h1-8H,9-10H2. The summed E-state index contributed by atoms with van der Waals surface area (Å²) in [7, 11) is 0. The number of hydrogen-bond acceptors (Lipinski definition) is 2. The lowest BCUT2D eigenvalue weighted by molar-refractivity contribution is -0.767. The number of fused-ring (bicyclic) bond motifs is 1. The smallest absolute Gasteiger partial charge is 0.117 e. The van der Waals surface area contributed by atoms with Gasteiger partial charge in [-0.25, -0.2) is 0 Å². The lowest BCUT2D eigenvalue weighted by Gasteiger charge is -2.35. The van der Waals surface area contributed by atoms with Gasteiger partial charge in [-0.1, -0.05) is 41.9 Å². The van der Waals surface area contributed by atoms with Crippen LogP contribution in [-0.4, -0.2) is 4.05 Å². The molecule has 0 amide bonds. The van der Waals surface area contributed by atoms with Gasteiger partial charge in [-0.15, -0.1) is 0 Å². The molecule has 2 aromatic carbocycles. The normalized spacial score (nSPS) is 21.9. The first-order chi connectivity index (χ1) is 8.65. The second kappa shape index (κ2) is 4.59. The molecule has 0 radical (unpaired) electrons. The van der Waals surface area contributed by atoms with E-state index in [4.69, 9.17) is 11.6 Å². The van der Waals surface area contributed by atoms with Gasteiger partial charge >= 0.3 is 0 Å². The van der Waals surface area contributed by atoms with Crippen LogP contribution in [0.3, 0.4) is 0 Å². The number of hydrogen-bond donors (Lipinski definition) is 0. The molecular formula is C14H12ClNOS. The van der Waals surface area contributed by atoms with Gasteiger partial charge < -0.3 is 5.21 Å². The SMILES string of the molecule is [O-][N+]1(Cc2ccc(Cl)cc2)Cc2ccccc2S1. The van der Waals surface area contributed by atoms with E-state index in [1.807, 2.05) is 48.5 Å². The Balaban J connectivity index is 1.80. The van der Waals surface area contributed by atoms with E-state index in [0.29, 0.717) is 18.1 Å². The van der Waals surface area contributed by atoms with Crippen molar-refractivity contribution in [2.45, 2.75) is 18.0 Å². The molecule has 0 spiro atoms. The summed E-state index contributed by atoms with van der Waals surface area (Å²) in [6.07, 6.45) is 0. The number of quaternary nitrogens is 1. The molecule has 1 aliphatic rings. The average Bonchev–Trinajstić information content (AvgIpc) is 2.68. The highest BCUT2D eigenvalue weighted by molar-refractivity contribution is 7.94. The molecule has 0 saturated carbocycles. The number of rotatable bonds is 2. The first-order valence-corrected chi connectivity index (χ1v) is 6.90. The predicted octanol–water partition coefficient (Wildman–Crippen LogP) is 4.38. The Morgan fingerprint density at radius 1 is 1.11 bits per heavy atom. The van der Waals surface area contributed by atoms with E-state index in [1.165, 1.54) is 11.9 Å². The van der Waals surface area contributed by atoms with Crippen molar-refractivity contribution in [1.29, 1.82) is 0 Å². The summed E-state index contributed by atoms with van der Waals surface area (Å²) in [5, 5.41) is 13.4. The molecule has 1 aliphatic heterocycles. The van der Waals surface area contributed by atoms with Crippen molar-refractivity contribution in [3.05, 3.63) is 69.9 Å². The molecule has 0 aliphatic carbocycles. The zero-order valence-corrected chi connectivity index (χ0v) is 11.2. The van der Waals surface area contributed by atoms with Gasteiger partial charge in [-0.05, 0) is 18.2 Å². The monoisotopic (exact) mass is 277 g/mol. The van der Waals surface area contributed by atoms with Crippen molar-refractivity contribution in [3.8, 4) is 0 Å². The molecule has 0 fully saturated rings. The largest absolute Gasteiger partial charge is 0.619 e. The molecule has 1 atom stereocenters. The Hall–Kier alpha value is -1.00. The van der Waals surface area contributed by atoms with Gasteiger partial charge in [-0.2, -0.15) is 0 Å². The molecule has 1 heterocycles. The molecule has 0 saturated heterocycles. The Morgan fingerprint density at radius 3 is 2.56 bits per heavy atom. The number of nitrogens with zero attached hydrogens (tertiary/aromatic N) is 1. The summed E-state index contributed by atoms with van der Waals surface area (Å²) < 4.78 is -0.277. The maximum absolute atomic E-state index is 12.7. The van der Waals surface area contributed by atoms with Crippen molar-refractivity contribution in [2.24, 2.45) is 0 Å². The van der Waals surface area contributed by atoms with Crippen LogP contribution in [0.2, 0.25) is 5.02 Å². The fraction of sp³-hybridized carbons (Fsp3) is 0.143. The van der Waals surface area contributed by atoms with Crippen LogP contribution in [0.15, 0.2) is 53.4 Å². The van der Waals surface area contributed by atoms with Gasteiger partial charge in [0.1, 0.15) is 25.0 Å². The van der Waals surface area contributed by atoms with Crippen LogP contribution < -0.4 is 0 Å². The predicted molar refractivity (Wildman–Crippen MR) is 74.8 cm³/mol. The van der Waals surface area contributed by atoms with Gasteiger partial charge in [0.25, 0.3) is 0 Å². The van der Waals surface area contributed by atoms with Gasteiger partial charge in [0, 0.05) is 16.1 Å². The molecule has 0 N–H and O–H groups in total. The number of benzene rings is 2. The van der Waals surface area contributed by atoms with Gasteiger partial charge in [-0.3, -0.25) is 4.05 Å². The Morgan fingerprint density at radius 2 is 1.83 bits per heavy atom. The van der Waals surface area contributed by atoms with Crippen molar-refractivity contribution in [2.75, 3.05) is 0 Å². The highest BCUT2D eigenvalue weighted by atomic mass is 35.5. The summed E-state index contributed by atoms with van der Waals surface area (Å²) in [6, 6.07) is 15.5. The van der Waals surface area contributed by atoms with Crippen molar-refractivity contribution in [1.82, 2.24) is 0 Å². The first-order valence-electron chi connectivity index (χ1n) is 5.75. The van der Waals surface area contributed by atoms with Crippen LogP contribution in [-0.2, 0) is 13.1 Å². The number of hydroxylamine groups is 2. The van der Waals surface area contributed by atoms with Crippen LogP contribution in [0, 0.1) is 5.21 Å². The summed E-state index contributed by atoms with van der Waals surface area (Å²) in [5.41, 5.74) is 2.17. The Bertz CT molecular complexity index is 545. The second-order valence-corrected chi connectivity index (χ2v) is 6.18. The molecule has 1 unspecified atom stereocenters. The van der Waals surface area contributed by atoms with Crippen LogP contribution in [0.4, 0.5) is 0 Å². The lowest BCUT2D eigenvalue weighted by atomic mass is 10.2. The van der Waals surface area contributed by atoms with Crippen molar-refractivity contribution >= 4 is 23.5 Å². The van der Waals surface area contributed by atoms with E-state index >= 15 is 0 Å². The second-order valence-electron chi connectivity index (χ2n) is 4.46. The van der Waals surface area contributed by atoms with E-state index in [-0.39, 0.29) is 4.05 Å². The highest BCUT2D eigenvalue weighted by Crippen LogP contribution is 2.43. The summed E-state index contributed by atoms with van der Waals surface area (Å²) >= 11 is 7.23. The van der Waals surface area contributed by atoms with Crippen LogP contribution in [0.5, 0.6) is 0 Å². The van der Waals surface area contributed by atoms with Crippen LogP contribution in [0.1, 0.15) is 11.1 Å². The molecular weight excluding hydrogens is 266 g/mol. The van der Waals surface area contributed by atoms with E-state index in [1.54, 1.807) is 0 Å². The quantitative estimate of drug-likeness (QED) is 0.462. The molecule has 3 rings (SSSR count). The summed E-state index contributed by atoms with van der Waals surface area (Å²) in [4.78, 5) is 1.10. The van der Waals surface area contributed by atoms with Gasteiger partial charge in [0.05, 0.1) is 4.90 Å². The molecule has 92 valence electrons. The maximum atomic E-state index is 12.7. The third-order valence-electron chi connectivity index (χ3n) is 2.99. The molecule has 4 heteroatoms. The molecule has 0 aromatic heterocycles. The van der Waals surface area contributed by atoms with Crippen LogP contribution >= 0.6 is 23.5 Å². The highest BCUT2D eigenvalue weighted by Gasteiger charge is 2.30. The van der Waals surface area contributed by atoms with Gasteiger partial charge in [0.2, 0.25) is 0 Å². The third-order valence-corrected chi connectivity index (χ3v) is 4.42. The Labute approximate surface area is 115 Å². The topological polar surface area (TPSA) is 23.1 Å². The van der Waals surface area contributed by atoms with Crippen molar-refractivity contribution < 1.29 is 4.05 Å². The lowest BCUT2D eigenvalue weighted by Crippen LogP contribution is -2.29. The summed E-state index contributed by atoms with van der Waals surface area (Å²) in [5.74, 6) is 0. The molecule has 2 nitrogen and oxygen atoms in total. The van der Waals surface area contributed by atoms with E-state index in [0.717, 1.165) is 16.0 Å². The average molecular weight is 278 g/mol. The van der Waals surface area contributed by atoms with E-state index in [9.17, 15) is 5.21 Å². The van der Waals surface area contributed by atoms with E-state index in [2.05, 4.69) is 0 Å². The van der Waals surface area contributed by atoms with E-state index < -0.39 is 0 Å². The maximum Gasteiger partial charge on any atom is 0.117 e. The fourth-order valence-electron chi connectivity index (χ4n) is 2.15. The number of halogens is 1. The first kappa shape index (κ1) is 12.1. The molecule has 2 aromatic rings. The summed E-state index contributed by atoms with van der Waals surface area (Å²) in [6.45, 7) is 1.000. The third kappa shape index (κ3) is 2.40. The minimum atomic E-state index is -0.277. The minimum Gasteiger partial charge on any atom is -0.619 e. The zero-order valence-electron chi connectivity index (χ0n) is 9.67. The minimum absolute atomic E-state index is 0.277. The fourth-order valence-corrected chi connectivity index (χ4v) is 3.44. The van der Waals surface area contributed by atoms with Crippen LogP contribution in [0.25, 0.3) is 0 Å². The Kier molecular flexibility index (Phi) is 3.08. The molecule has 18 heavy (non-hydrogen) atoms. The van der Waals surface area contributed by atoms with Crippen molar-refractivity contribution in [3.63, 3.8) is 0 Å².